The summed E-state index contributed by atoms with van der Waals surface area (Å²) in [7, 11) is 0. The molecule has 0 spiro atoms. The van der Waals surface area contributed by atoms with E-state index in [1.165, 1.54) is 19.5 Å². The number of hydrogen-bond donors (Lipinski definition) is 3. The Bertz CT molecular complexity index is 905. The second kappa shape index (κ2) is 7.85. The molecule has 3 rings (SSSR count). The Labute approximate surface area is 171 Å². The summed E-state index contributed by atoms with van der Waals surface area (Å²) >= 11 is 5.22. The van der Waals surface area contributed by atoms with Crippen LogP contribution in [0.15, 0.2) is 41.8 Å². The molecule has 0 radical (unpaired) electrons. The molecular weight excluding hydrogens is 398 g/mol. The van der Waals surface area contributed by atoms with Gasteiger partial charge in [0.05, 0.1) is 11.0 Å². The molecule has 7 heteroatoms. The number of hydrogen-bond acceptors (Lipinski definition) is 6. The minimum absolute atomic E-state index is 0.438. The molecule has 0 aliphatic carbocycles. The molecule has 0 aliphatic rings. The van der Waals surface area contributed by atoms with Gasteiger partial charge in [-0.1, -0.05) is 6.07 Å². The Morgan fingerprint density at radius 1 is 1.00 bits per heavy atom. The van der Waals surface area contributed by atoms with Crippen LogP contribution >= 0.6 is 34.0 Å². The number of aryl methyl sites for hydroxylation is 1. The molecule has 1 amide bonds. The van der Waals surface area contributed by atoms with Gasteiger partial charge >= 0.3 is 0 Å². The van der Waals surface area contributed by atoms with Gasteiger partial charge in [0.2, 0.25) is 0 Å². The SMILES string of the molecule is CC(C)(O)C(C)(CCc1ccc(-c2ccc(-c3cccs3)s2)s1)C(=O)NO. The predicted molar refractivity (Wildman–Crippen MR) is 114 cm³/mol. The largest absolute Gasteiger partial charge is 0.389 e. The number of carbonyl (C=O) groups excluding carboxylic acids is 1. The molecule has 0 saturated heterocycles. The van der Waals surface area contributed by atoms with Crippen molar-refractivity contribution in [3.05, 3.63) is 46.7 Å². The van der Waals surface area contributed by atoms with Crippen LogP contribution in [0, 0.1) is 5.41 Å². The van der Waals surface area contributed by atoms with Gasteiger partial charge in [0.15, 0.2) is 0 Å². The molecule has 0 saturated carbocycles. The Morgan fingerprint density at radius 2 is 1.63 bits per heavy atom. The first-order valence-electron chi connectivity index (χ1n) is 8.64. The lowest BCUT2D eigenvalue weighted by Crippen LogP contribution is -2.51. The minimum Gasteiger partial charge on any atom is -0.389 e. The molecule has 3 aromatic heterocycles. The van der Waals surface area contributed by atoms with E-state index in [0.29, 0.717) is 12.8 Å². The lowest BCUT2D eigenvalue weighted by molar-refractivity contribution is -0.154. The van der Waals surface area contributed by atoms with Crippen LogP contribution in [-0.2, 0) is 11.2 Å². The summed E-state index contributed by atoms with van der Waals surface area (Å²) in [5.41, 5.74) is -0.626. The van der Waals surface area contributed by atoms with Crippen LogP contribution in [0.5, 0.6) is 0 Å². The molecule has 0 fully saturated rings. The molecule has 1 atom stereocenters. The first kappa shape index (κ1) is 20.2. The highest BCUT2D eigenvalue weighted by atomic mass is 32.1. The summed E-state index contributed by atoms with van der Waals surface area (Å²) in [6.07, 6.45) is 1.09. The van der Waals surface area contributed by atoms with Gasteiger partial charge in [0.25, 0.3) is 5.91 Å². The zero-order chi connectivity index (χ0) is 19.7. The van der Waals surface area contributed by atoms with Crippen LogP contribution in [0.2, 0.25) is 0 Å². The van der Waals surface area contributed by atoms with Crippen molar-refractivity contribution in [2.24, 2.45) is 5.41 Å². The van der Waals surface area contributed by atoms with Crippen molar-refractivity contribution in [1.29, 1.82) is 0 Å². The van der Waals surface area contributed by atoms with Crippen molar-refractivity contribution in [2.75, 3.05) is 0 Å². The normalized spacial score (nSPS) is 14.1. The summed E-state index contributed by atoms with van der Waals surface area (Å²) in [5.74, 6) is -0.564. The van der Waals surface area contributed by atoms with E-state index in [-0.39, 0.29) is 0 Å². The minimum atomic E-state index is -1.25. The third-order valence-electron chi connectivity index (χ3n) is 5.10. The number of thiophene rings is 3. The summed E-state index contributed by atoms with van der Waals surface area (Å²) in [4.78, 5) is 18.3. The first-order valence-corrected chi connectivity index (χ1v) is 11.2. The third-order valence-corrected chi connectivity index (χ3v) is 8.59. The topological polar surface area (TPSA) is 69.6 Å². The van der Waals surface area contributed by atoms with Gasteiger partial charge in [-0.2, -0.15) is 0 Å². The number of nitrogens with one attached hydrogen (secondary N) is 1. The van der Waals surface area contributed by atoms with Gasteiger partial charge in [0.1, 0.15) is 0 Å². The first-order chi connectivity index (χ1) is 12.7. The maximum Gasteiger partial charge on any atom is 0.252 e. The molecule has 144 valence electrons. The van der Waals surface area contributed by atoms with Gasteiger partial charge < -0.3 is 5.11 Å². The van der Waals surface area contributed by atoms with Gasteiger partial charge in [-0.15, -0.1) is 34.0 Å². The van der Waals surface area contributed by atoms with Crippen molar-refractivity contribution in [1.82, 2.24) is 5.48 Å². The molecule has 4 nitrogen and oxygen atoms in total. The number of amides is 1. The van der Waals surface area contributed by atoms with E-state index >= 15 is 0 Å². The number of aliphatic hydroxyl groups is 1. The van der Waals surface area contributed by atoms with Crippen LogP contribution in [0.3, 0.4) is 0 Å². The Morgan fingerprint density at radius 3 is 2.22 bits per heavy atom. The molecule has 3 heterocycles. The van der Waals surface area contributed by atoms with Crippen LogP contribution in [0.25, 0.3) is 19.5 Å². The van der Waals surface area contributed by atoms with Crippen molar-refractivity contribution in [2.45, 2.75) is 39.2 Å². The van der Waals surface area contributed by atoms with E-state index in [1.807, 2.05) is 0 Å². The molecule has 27 heavy (non-hydrogen) atoms. The third kappa shape index (κ3) is 4.17. The van der Waals surface area contributed by atoms with Gasteiger partial charge in [0, 0.05) is 24.4 Å². The van der Waals surface area contributed by atoms with E-state index < -0.39 is 16.9 Å². The van der Waals surface area contributed by atoms with Crippen LogP contribution in [0.1, 0.15) is 32.1 Å². The van der Waals surface area contributed by atoms with E-state index in [4.69, 9.17) is 5.21 Å². The highest BCUT2D eigenvalue weighted by molar-refractivity contribution is 7.26. The monoisotopic (exact) mass is 421 g/mol. The van der Waals surface area contributed by atoms with Crippen LogP contribution in [0.4, 0.5) is 0 Å². The van der Waals surface area contributed by atoms with Crippen LogP contribution in [-0.4, -0.2) is 21.8 Å². The zero-order valence-electron chi connectivity index (χ0n) is 15.5. The van der Waals surface area contributed by atoms with E-state index in [1.54, 1.807) is 60.3 Å². The van der Waals surface area contributed by atoms with Crippen molar-refractivity contribution in [3.63, 3.8) is 0 Å². The van der Waals surface area contributed by atoms with Crippen molar-refractivity contribution in [3.8, 4) is 19.5 Å². The highest BCUT2D eigenvalue weighted by Crippen LogP contribution is 2.41. The number of rotatable bonds is 7. The smallest absolute Gasteiger partial charge is 0.252 e. The Hall–Kier alpha value is -1.51. The summed E-state index contributed by atoms with van der Waals surface area (Å²) in [6, 6.07) is 12.7. The number of carbonyl (C=O) groups is 1. The lowest BCUT2D eigenvalue weighted by atomic mass is 9.71. The second-order valence-electron chi connectivity index (χ2n) is 7.24. The maximum atomic E-state index is 12.1. The van der Waals surface area contributed by atoms with Crippen molar-refractivity contribution >= 4 is 39.9 Å². The molecule has 3 aromatic rings. The lowest BCUT2D eigenvalue weighted by Gasteiger charge is -2.38. The maximum absolute atomic E-state index is 12.1. The predicted octanol–water partition coefficient (Wildman–Crippen LogP) is 5.42. The van der Waals surface area contributed by atoms with Gasteiger partial charge in [-0.3, -0.25) is 10.0 Å². The van der Waals surface area contributed by atoms with Crippen LogP contribution < -0.4 is 5.48 Å². The Balaban J connectivity index is 1.74. The van der Waals surface area contributed by atoms with Gasteiger partial charge in [-0.05, 0) is 69.3 Å². The van der Waals surface area contributed by atoms with E-state index in [0.717, 1.165) is 4.88 Å². The quantitative estimate of drug-likeness (QED) is 0.352. The standard InChI is InChI=1S/C20H23NO3S3/c1-19(2,23)20(3,18(22)21-24)11-10-13-6-7-16(26-13)17-9-8-15(27-17)14-5-4-12-25-14/h4-9,12,23-24H,10-11H2,1-3H3,(H,21,22). The van der Waals surface area contributed by atoms with E-state index in [2.05, 4.69) is 41.8 Å². The molecule has 0 aliphatic heterocycles. The highest BCUT2D eigenvalue weighted by Gasteiger charge is 2.45. The second-order valence-corrected chi connectivity index (χ2v) is 10.4. The van der Waals surface area contributed by atoms with Gasteiger partial charge in [-0.25, -0.2) is 5.48 Å². The number of hydroxylamine groups is 1. The summed E-state index contributed by atoms with van der Waals surface area (Å²) in [6.45, 7) is 4.87. The average molecular weight is 422 g/mol. The fourth-order valence-corrected chi connectivity index (χ4v) is 5.80. The molecule has 0 bridgehead atoms. The average Bonchev–Trinajstić information content (AvgIpc) is 3.37. The molecule has 1 unspecified atom stereocenters. The summed E-state index contributed by atoms with van der Waals surface area (Å²) in [5, 5.41) is 21.6. The van der Waals surface area contributed by atoms with E-state index in [9.17, 15) is 9.90 Å². The molecular formula is C20H23NO3S3. The Kier molecular flexibility index (Phi) is 5.88. The zero-order valence-corrected chi connectivity index (χ0v) is 17.9. The summed E-state index contributed by atoms with van der Waals surface area (Å²) < 4.78 is 0. The fourth-order valence-electron chi connectivity index (χ4n) is 2.86. The molecule has 3 N–H and O–H groups in total. The molecule has 0 aromatic carbocycles. The van der Waals surface area contributed by atoms with Crippen molar-refractivity contribution < 1.29 is 15.1 Å². The fraction of sp³-hybridized carbons (Fsp3) is 0.350.